The van der Waals surface area contributed by atoms with E-state index in [-0.39, 0.29) is 55.1 Å². The van der Waals surface area contributed by atoms with Gasteiger partial charge in [-0.05, 0) is 146 Å². The van der Waals surface area contributed by atoms with E-state index < -0.39 is 0 Å². The topological polar surface area (TPSA) is 116 Å². The van der Waals surface area contributed by atoms with Crippen molar-refractivity contribution in [3.05, 3.63) is 11.8 Å². The Morgan fingerprint density at radius 2 is 1.26 bits per heavy atom. The molecule has 2 saturated heterocycles. The lowest BCUT2D eigenvalue weighted by Crippen LogP contribution is -2.23. The number of hydrogen-bond acceptors (Lipinski definition) is 11. The first-order valence-corrected chi connectivity index (χ1v) is 30.5. The third-order valence-electron chi connectivity index (χ3n) is 10.5. The lowest BCUT2D eigenvalue weighted by Gasteiger charge is -2.17. The van der Waals surface area contributed by atoms with Crippen LogP contribution in [0.1, 0.15) is 178 Å². The average molecular weight is 1010 g/mol. The van der Waals surface area contributed by atoms with E-state index in [1.807, 2.05) is 59.6 Å². The van der Waals surface area contributed by atoms with Crippen LogP contribution in [-0.2, 0) is 55.9 Å². The molecule has 0 bridgehead atoms. The summed E-state index contributed by atoms with van der Waals surface area (Å²) in [5, 5.41) is 2.14. The number of aliphatic imine (C=N–C) groups is 2. The van der Waals surface area contributed by atoms with Gasteiger partial charge in [-0.1, -0.05) is 69.8 Å². The zero-order valence-corrected chi connectivity index (χ0v) is 49.9. The van der Waals surface area contributed by atoms with Crippen LogP contribution >= 0.6 is 23.5 Å². The third-order valence-corrected chi connectivity index (χ3v) is 18.0. The number of carbonyl (C=O) groups excluding carboxylic acids is 1. The van der Waals surface area contributed by atoms with E-state index in [9.17, 15) is 4.79 Å². The Labute approximate surface area is 416 Å². The van der Waals surface area contributed by atoms with Crippen molar-refractivity contribution in [3.8, 4) is 0 Å². The molecular weight excluding hydrogens is 911 g/mol. The molecule has 2 fully saturated rings. The van der Waals surface area contributed by atoms with Crippen LogP contribution in [-0.4, -0.2) is 116 Å². The van der Waals surface area contributed by atoms with E-state index in [0.717, 1.165) is 54.5 Å². The molecule has 8 heterocycles. The standard InChI is InChI=1S/C7H14O.C7H12O.C7H14S.C6H11NOS.C6H11NO.C6H13NS.C6H11NS.C5H11NOS/c3*1-6-4-5-7(2,3)8-6;1-6(2)4-9(3)7-5(6)8;1-5-7-4-6(2,3)8-5;1-6(2)4-7-8(3)5-6;1-5-7-4-6(2,3)8-5;1-5(2)4-8(3)6-7-5/h6H,4-5H2,1-3H3;4H,5H2,1-3H3;6H,4-5H2,1-3H3;4H2,1-3H3;4H2,1-3H3;4-5H2,1-3H3;2*4H2,1-3H3. The summed E-state index contributed by atoms with van der Waals surface area (Å²) in [5.41, 5.74) is 0.557. The van der Waals surface area contributed by atoms with Crippen molar-refractivity contribution >= 4 is 72.4 Å². The highest BCUT2D eigenvalue weighted by molar-refractivity contribution is 8.15. The number of nitrogens with zero attached hydrogens (tertiary/aromatic N) is 5. The normalized spacial score (nSPS) is 31.0. The lowest BCUT2D eigenvalue weighted by molar-refractivity contribution is -0.123. The Morgan fingerprint density at radius 3 is 1.38 bits per heavy atom. The molecule has 65 heavy (non-hydrogen) atoms. The molecule has 8 aliphatic rings. The van der Waals surface area contributed by atoms with Gasteiger partial charge in [-0.3, -0.25) is 19.1 Å². The number of amides is 1. The van der Waals surface area contributed by atoms with Crippen LogP contribution in [0.2, 0.25) is 0 Å². The summed E-state index contributed by atoms with van der Waals surface area (Å²) in [5.74, 6) is 5.27. The van der Waals surface area contributed by atoms with Gasteiger partial charge in [0.25, 0.3) is 5.91 Å². The van der Waals surface area contributed by atoms with Crippen molar-refractivity contribution in [2.24, 2.45) is 34.1 Å². The van der Waals surface area contributed by atoms with Crippen LogP contribution in [0.3, 0.4) is 0 Å². The zero-order valence-electron chi connectivity index (χ0n) is 45.8. The quantitative estimate of drug-likeness (QED) is 0.237. The second kappa shape index (κ2) is 26.0. The Bertz CT molecular complexity index is 1530. The summed E-state index contributed by atoms with van der Waals surface area (Å²) in [4.78, 5) is 24.4. The maximum absolute atomic E-state index is 10.9. The van der Waals surface area contributed by atoms with Crippen LogP contribution in [0.15, 0.2) is 35.1 Å². The SMILES string of the molecule is CC1=CCC(C)(C)O1.CC1=NCC(C)(C)O1.CC1=NCC(C)(C)S1.CC1CCC(C)(C)O1.CC1CCC(C)(C)S1.CS1=NC(=O)C(C)(C)C1.CS1=NCC(C)(C)C1.CS1=NOC(C)(C)C1. The maximum Gasteiger partial charge on any atom is 0.258 e. The highest BCUT2D eigenvalue weighted by Gasteiger charge is 2.33. The number of ether oxygens (including phenoxy) is 3. The molecule has 0 aromatic heterocycles. The molecule has 8 aliphatic heterocycles. The Morgan fingerprint density at radius 1 is 0.646 bits per heavy atom. The average Bonchev–Trinajstić information content (AvgIpc) is 4.00. The fourth-order valence-electron chi connectivity index (χ4n) is 7.41. The molecule has 382 valence electrons. The minimum Gasteiger partial charge on any atom is -0.493 e. The van der Waals surface area contributed by atoms with Crippen LogP contribution in [0.25, 0.3) is 0 Å². The first-order chi connectivity index (χ1) is 29.2. The number of carbonyl (C=O) groups is 1. The summed E-state index contributed by atoms with van der Waals surface area (Å²) in [7, 11) is 0.546. The summed E-state index contributed by atoms with van der Waals surface area (Å²) in [6.45, 7) is 47.5. The molecular formula is C50H97N5O5S5. The van der Waals surface area contributed by atoms with Crippen molar-refractivity contribution in [1.82, 2.24) is 0 Å². The first kappa shape index (κ1) is 62.4. The molecule has 0 N–H and O–H groups in total. The van der Waals surface area contributed by atoms with Crippen molar-refractivity contribution in [2.45, 2.75) is 221 Å². The summed E-state index contributed by atoms with van der Waals surface area (Å²) in [6, 6.07) is 0. The lowest BCUT2D eigenvalue weighted by atomic mass is 9.96. The van der Waals surface area contributed by atoms with Gasteiger partial charge in [-0.2, -0.15) is 16.1 Å². The van der Waals surface area contributed by atoms with Gasteiger partial charge in [0, 0.05) is 45.3 Å². The van der Waals surface area contributed by atoms with Crippen molar-refractivity contribution in [1.29, 1.82) is 0 Å². The Balaban J connectivity index is 0.000000372. The van der Waals surface area contributed by atoms with Crippen LogP contribution in [0.5, 0.6) is 0 Å². The maximum atomic E-state index is 10.9. The number of hydrogen-bond donors (Lipinski definition) is 0. The molecule has 15 heteroatoms. The fourth-order valence-corrected chi connectivity index (χ4v) is 15.1. The van der Waals surface area contributed by atoms with Crippen molar-refractivity contribution in [3.63, 3.8) is 0 Å². The molecule has 0 radical (unpaired) electrons. The smallest absolute Gasteiger partial charge is 0.258 e. The van der Waals surface area contributed by atoms with Crippen molar-refractivity contribution < 1.29 is 23.8 Å². The van der Waals surface area contributed by atoms with Gasteiger partial charge in [0.05, 0.1) is 47.6 Å². The number of rotatable bonds is 0. The molecule has 0 aromatic rings. The zero-order chi connectivity index (χ0) is 50.5. The van der Waals surface area contributed by atoms with Crippen molar-refractivity contribution in [2.75, 3.05) is 55.7 Å². The van der Waals surface area contributed by atoms with Crippen LogP contribution in [0, 0.1) is 10.8 Å². The second-order valence-electron chi connectivity index (χ2n) is 23.6. The van der Waals surface area contributed by atoms with E-state index in [1.54, 1.807) is 0 Å². The molecule has 0 saturated carbocycles. The van der Waals surface area contributed by atoms with Gasteiger partial charge >= 0.3 is 0 Å². The van der Waals surface area contributed by atoms with E-state index in [0.29, 0.717) is 31.7 Å². The highest BCUT2D eigenvalue weighted by Crippen LogP contribution is 2.42. The molecule has 5 unspecified atom stereocenters. The van der Waals surface area contributed by atoms with Crippen LogP contribution < -0.4 is 0 Å². The summed E-state index contributed by atoms with van der Waals surface area (Å²) >= 11 is 4.00. The fraction of sp³-hybridized carbons (Fsp3) is 0.900. The molecule has 8 rings (SSSR count). The van der Waals surface area contributed by atoms with E-state index >= 15 is 0 Å². The largest absolute Gasteiger partial charge is 0.493 e. The predicted octanol–water partition coefficient (Wildman–Crippen LogP) is 13.5. The van der Waals surface area contributed by atoms with Gasteiger partial charge < -0.3 is 14.2 Å². The minimum absolute atomic E-state index is 0.00309. The second-order valence-corrected chi connectivity index (χ2v) is 32.7. The molecule has 10 nitrogen and oxygen atoms in total. The monoisotopic (exact) mass is 1010 g/mol. The molecule has 1 amide bonds. The van der Waals surface area contributed by atoms with Gasteiger partial charge in [0.2, 0.25) is 0 Å². The van der Waals surface area contributed by atoms with E-state index in [4.69, 9.17) is 19.0 Å². The molecule has 5 atom stereocenters. The molecule has 0 aliphatic carbocycles. The molecule has 0 spiro atoms. The number of allylic oxidation sites excluding steroid dienone is 1. The third kappa shape index (κ3) is 28.6. The van der Waals surface area contributed by atoms with E-state index in [1.165, 1.54) is 36.5 Å². The van der Waals surface area contributed by atoms with Gasteiger partial charge in [-0.15, -0.1) is 27.0 Å². The summed E-state index contributed by atoms with van der Waals surface area (Å²) in [6.07, 6.45) is 15.2. The molecule has 0 aromatic carbocycles. The Hall–Kier alpha value is -0.580. The minimum atomic E-state index is -0.169. The van der Waals surface area contributed by atoms with Crippen LogP contribution in [0.4, 0.5) is 0 Å². The van der Waals surface area contributed by atoms with E-state index in [2.05, 4.69) is 157 Å². The predicted molar refractivity (Wildman–Crippen MR) is 295 cm³/mol. The first-order valence-electron chi connectivity index (χ1n) is 23.6. The number of thioether (sulfide) groups is 2. The highest BCUT2D eigenvalue weighted by atomic mass is 32.2. The summed E-state index contributed by atoms with van der Waals surface area (Å²) < 4.78 is 29.5. The van der Waals surface area contributed by atoms with Gasteiger partial charge in [0.1, 0.15) is 16.8 Å². The Kier molecular flexibility index (Phi) is 25.0. The van der Waals surface area contributed by atoms with Gasteiger partial charge in [0.15, 0.2) is 5.90 Å². The van der Waals surface area contributed by atoms with Gasteiger partial charge in [-0.25, -0.2) is 4.84 Å².